The number of rotatable bonds is 5. The molecule has 5 rings (SSSR count). The predicted octanol–water partition coefficient (Wildman–Crippen LogP) is 4.74. The van der Waals surface area contributed by atoms with Crippen LogP contribution in [0.5, 0.6) is 0 Å². The molecule has 0 radical (unpaired) electrons. The maximum atomic E-state index is 13.7. The molecule has 0 spiro atoms. The van der Waals surface area contributed by atoms with Gasteiger partial charge in [0.2, 0.25) is 10.0 Å². The summed E-state index contributed by atoms with van der Waals surface area (Å²) in [5, 5.41) is 1.70. The summed E-state index contributed by atoms with van der Waals surface area (Å²) in [4.78, 5) is 12.1. The molecule has 1 aliphatic heterocycles. The van der Waals surface area contributed by atoms with E-state index in [-0.39, 0.29) is 0 Å². The van der Waals surface area contributed by atoms with Crippen LogP contribution in [-0.2, 0) is 16.4 Å². The molecule has 0 unspecified atom stereocenters. The van der Waals surface area contributed by atoms with Crippen LogP contribution in [0, 0.1) is 13.8 Å². The molecule has 4 aromatic rings. The molecule has 0 amide bonds. The average molecular weight is 487 g/mol. The summed E-state index contributed by atoms with van der Waals surface area (Å²) in [6, 6.07) is 23.5. The summed E-state index contributed by atoms with van der Waals surface area (Å²) >= 11 is 0. The Morgan fingerprint density at radius 1 is 0.800 bits per heavy atom. The van der Waals surface area contributed by atoms with E-state index in [0.717, 1.165) is 53.1 Å². The Labute approximate surface area is 207 Å². The van der Waals surface area contributed by atoms with E-state index < -0.39 is 10.0 Å². The van der Waals surface area contributed by atoms with E-state index >= 15 is 0 Å². The fourth-order valence-corrected chi connectivity index (χ4v) is 6.58. The zero-order valence-electron chi connectivity index (χ0n) is 20.2. The van der Waals surface area contributed by atoms with Crippen molar-refractivity contribution in [2.24, 2.45) is 0 Å². The van der Waals surface area contributed by atoms with Crippen molar-refractivity contribution in [1.82, 2.24) is 14.3 Å². The molecule has 0 N–H and O–H groups in total. The fraction of sp³-hybridized carbons (Fsp3) is 0.286. The summed E-state index contributed by atoms with van der Waals surface area (Å²) in [6.07, 6.45) is 1.48. The first-order chi connectivity index (χ1) is 16.9. The summed E-state index contributed by atoms with van der Waals surface area (Å²) < 4.78 is 29.0. The first-order valence-corrected chi connectivity index (χ1v) is 13.5. The zero-order chi connectivity index (χ0) is 24.4. The Morgan fingerprint density at radius 2 is 1.54 bits per heavy atom. The van der Waals surface area contributed by atoms with Crippen LogP contribution in [0.25, 0.3) is 10.8 Å². The maximum Gasteiger partial charge on any atom is 0.243 e. The van der Waals surface area contributed by atoms with Gasteiger partial charge in [0.1, 0.15) is 11.6 Å². The molecule has 6 nitrogen and oxygen atoms in total. The van der Waals surface area contributed by atoms with E-state index in [2.05, 4.69) is 22.0 Å². The second-order valence-corrected chi connectivity index (χ2v) is 10.9. The third kappa shape index (κ3) is 4.79. The number of aryl methyl sites for hydroxylation is 2. The smallest absolute Gasteiger partial charge is 0.243 e. The van der Waals surface area contributed by atoms with E-state index in [4.69, 9.17) is 4.98 Å². The molecule has 180 valence electrons. The maximum absolute atomic E-state index is 13.7. The normalized spacial score (nSPS) is 15.3. The van der Waals surface area contributed by atoms with Gasteiger partial charge in [-0.05, 0) is 37.3 Å². The molecule has 0 bridgehead atoms. The third-order valence-corrected chi connectivity index (χ3v) is 8.61. The minimum absolute atomic E-state index is 0.377. The Balaban J connectivity index is 1.43. The van der Waals surface area contributed by atoms with Gasteiger partial charge >= 0.3 is 0 Å². The topological polar surface area (TPSA) is 66.4 Å². The van der Waals surface area contributed by atoms with E-state index in [9.17, 15) is 8.42 Å². The van der Waals surface area contributed by atoms with Crippen LogP contribution >= 0.6 is 0 Å². The van der Waals surface area contributed by atoms with Crippen LogP contribution in [0.4, 0.5) is 5.82 Å². The molecule has 1 saturated heterocycles. The number of nitrogens with zero attached hydrogens (tertiary/aromatic N) is 4. The first-order valence-electron chi connectivity index (χ1n) is 12.0. The van der Waals surface area contributed by atoms with Crippen LogP contribution in [0.15, 0.2) is 77.7 Å². The van der Waals surface area contributed by atoms with Gasteiger partial charge in [0.15, 0.2) is 0 Å². The number of aromatic nitrogens is 2. The van der Waals surface area contributed by atoms with Crippen LogP contribution in [0.2, 0.25) is 0 Å². The number of hydrogen-bond donors (Lipinski definition) is 0. The number of benzene rings is 3. The zero-order valence-corrected chi connectivity index (χ0v) is 21.0. The van der Waals surface area contributed by atoms with Crippen molar-refractivity contribution in [1.29, 1.82) is 0 Å². The molecule has 2 heterocycles. The standard InChI is InChI=1S/C28H30N4O2S/c1-21-26(20-23-10-4-3-5-11-23)28(30-22(2)29-21)31-16-9-17-32(19-18-31)35(33,34)27-15-8-13-24-12-6-7-14-25(24)27/h3-8,10-15H,9,16-20H2,1-2H3. The van der Waals surface area contributed by atoms with Crippen molar-refractivity contribution < 1.29 is 8.42 Å². The molecule has 1 aliphatic rings. The van der Waals surface area contributed by atoms with Gasteiger partial charge in [-0.1, -0.05) is 66.7 Å². The highest BCUT2D eigenvalue weighted by atomic mass is 32.2. The van der Waals surface area contributed by atoms with Crippen molar-refractivity contribution in [3.63, 3.8) is 0 Å². The lowest BCUT2D eigenvalue weighted by Gasteiger charge is -2.26. The largest absolute Gasteiger partial charge is 0.355 e. The van der Waals surface area contributed by atoms with Crippen LogP contribution in [-0.4, -0.2) is 48.9 Å². The number of anilines is 1. The van der Waals surface area contributed by atoms with Crippen molar-refractivity contribution in [2.75, 3.05) is 31.1 Å². The molecular weight excluding hydrogens is 456 g/mol. The van der Waals surface area contributed by atoms with Crippen molar-refractivity contribution in [2.45, 2.75) is 31.6 Å². The molecule has 7 heteroatoms. The van der Waals surface area contributed by atoms with Crippen LogP contribution in [0.1, 0.15) is 29.1 Å². The molecule has 1 aromatic heterocycles. The molecule has 1 fully saturated rings. The minimum Gasteiger partial charge on any atom is -0.355 e. The average Bonchev–Trinajstić information content (AvgIpc) is 3.13. The SMILES string of the molecule is Cc1nc(C)c(Cc2ccccc2)c(N2CCCN(S(=O)(=O)c3cccc4ccccc34)CC2)n1. The second kappa shape index (κ2) is 9.76. The van der Waals surface area contributed by atoms with Gasteiger partial charge in [0.05, 0.1) is 4.90 Å². The van der Waals surface area contributed by atoms with Crippen molar-refractivity contribution in [3.8, 4) is 0 Å². The van der Waals surface area contributed by atoms with Crippen molar-refractivity contribution in [3.05, 3.63) is 95.4 Å². The number of sulfonamides is 1. The molecule has 0 saturated carbocycles. The van der Waals surface area contributed by atoms with E-state index in [1.807, 2.05) is 68.4 Å². The Hall–Kier alpha value is -3.29. The lowest BCUT2D eigenvalue weighted by molar-refractivity contribution is 0.433. The van der Waals surface area contributed by atoms with Gasteiger partial charge in [-0.3, -0.25) is 0 Å². The number of fused-ring (bicyclic) bond motifs is 1. The quantitative estimate of drug-likeness (QED) is 0.408. The van der Waals surface area contributed by atoms with Gasteiger partial charge in [-0.25, -0.2) is 18.4 Å². The van der Waals surface area contributed by atoms with E-state index in [1.54, 1.807) is 10.4 Å². The third-order valence-electron chi connectivity index (χ3n) is 6.65. The Bertz CT molecular complexity index is 1450. The summed E-state index contributed by atoms with van der Waals surface area (Å²) in [5.41, 5.74) is 3.28. The second-order valence-electron chi connectivity index (χ2n) is 9.04. The Morgan fingerprint density at radius 3 is 2.37 bits per heavy atom. The first kappa shape index (κ1) is 23.5. The van der Waals surface area contributed by atoms with Gasteiger partial charge in [0.25, 0.3) is 0 Å². The number of hydrogen-bond acceptors (Lipinski definition) is 5. The van der Waals surface area contributed by atoms with Crippen LogP contribution in [0.3, 0.4) is 0 Å². The summed E-state index contributed by atoms with van der Waals surface area (Å²) in [6.45, 7) is 6.18. The van der Waals surface area contributed by atoms with Gasteiger partial charge in [-0.2, -0.15) is 4.31 Å². The van der Waals surface area contributed by atoms with E-state index in [0.29, 0.717) is 24.5 Å². The lowest BCUT2D eigenvalue weighted by atomic mass is 10.0. The molecular formula is C28H30N4O2S. The van der Waals surface area contributed by atoms with Gasteiger partial charge in [0, 0.05) is 49.2 Å². The van der Waals surface area contributed by atoms with E-state index in [1.165, 1.54) is 5.56 Å². The van der Waals surface area contributed by atoms with Gasteiger partial charge < -0.3 is 4.90 Å². The summed E-state index contributed by atoms with van der Waals surface area (Å²) in [7, 11) is -3.62. The molecule has 35 heavy (non-hydrogen) atoms. The van der Waals surface area contributed by atoms with Gasteiger partial charge in [-0.15, -0.1) is 0 Å². The summed E-state index contributed by atoms with van der Waals surface area (Å²) in [5.74, 6) is 1.65. The molecule has 0 atom stereocenters. The highest BCUT2D eigenvalue weighted by Gasteiger charge is 2.29. The Kier molecular flexibility index (Phi) is 6.54. The van der Waals surface area contributed by atoms with Crippen LogP contribution < -0.4 is 4.90 Å². The molecule has 3 aromatic carbocycles. The molecule has 0 aliphatic carbocycles. The minimum atomic E-state index is -3.62. The van der Waals surface area contributed by atoms with Crippen molar-refractivity contribution >= 4 is 26.6 Å². The predicted molar refractivity (Wildman–Crippen MR) is 140 cm³/mol. The highest BCUT2D eigenvalue weighted by molar-refractivity contribution is 7.89. The lowest BCUT2D eigenvalue weighted by Crippen LogP contribution is -2.36. The monoisotopic (exact) mass is 486 g/mol. The fourth-order valence-electron chi connectivity index (χ4n) is 4.89. The highest BCUT2D eigenvalue weighted by Crippen LogP contribution is 2.29.